The minimum Gasteiger partial charge on any atom is -0.387 e. The highest BCUT2D eigenvalue weighted by atomic mass is 35.5. The summed E-state index contributed by atoms with van der Waals surface area (Å²) < 4.78 is 1.58. The molecule has 3 aromatic rings. The van der Waals surface area contributed by atoms with Gasteiger partial charge in [-0.05, 0) is 38.5 Å². The lowest BCUT2D eigenvalue weighted by atomic mass is 10.2. The molecule has 6 nitrogen and oxygen atoms in total. The molecule has 2 N–H and O–H groups in total. The second kappa shape index (κ2) is 6.59. The van der Waals surface area contributed by atoms with Crippen molar-refractivity contribution in [2.24, 2.45) is 0 Å². The summed E-state index contributed by atoms with van der Waals surface area (Å²) in [5.41, 5.74) is 3.13. The number of hydrogen-bond donors (Lipinski definition) is 2. The van der Waals surface area contributed by atoms with Gasteiger partial charge in [-0.1, -0.05) is 23.7 Å². The van der Waals surface area contributed by atoms with Crippen molar-refractivity contribution < 1.29 is 5.11 Å². The van der Waals surface area contributed by atoms with Crippen molar-refractivity contribution in [3.8, 4) is 5.95 Å². The molecule has 0 amide bonds. The van der Waals surface area contributed by atoms with E-state index in [0.29, 0.717) is 22.5 Å². The van der Waals surface area contributed by atoms with Crippen LogP contribution in [0.3, 0.4) is 0 Å². The summed E-state index contributed by atoms with van der Waals surface area (Å²) in [6, 6.07) is 9.23. The topological polar surface area (TPSA) is 75.9 Å². The third kappa shape index (κ3) is 3.39. The number of nitrogens with zero attached hydrogens (tertiary/aromatic N) is 4. The molecule has 0 bridgehead atoms. The minimum atomic E-state index is -0.726. The van der Waals surface area contributed by atoms with Gasteiger partial charge in [-0.2, -0.15) is 10.1 Å². The highest BCUT2D eigenvalue weighted by Crippen LogP contribution is 2.29. The molecule has 1 unspecified atom stereocenters. The van der Waals surface area contributed by atoms with E-state index in [4.69, 9.17) is 11.6 Å². The van der Waals surface area contributed by atoms with Crippen LogP contribution < -0.4 is 5.32 Å². The van der Waals surface area contributed by atoms with Crippen molar-refractivity contribution in [3.63, 3.8) is 0 Å². The molecule has 2 aromatic heterocycles. The van der Waals surface area contributed by atoms with Gasteiger partial charge >= 0.3 is 0 Å². The number of aryl methyl sites for hydroxylation is 2. The molecule has 24 heavy (non-hydrogen) atoms. The standard InChI is InChI=1S/C17H18ClN5O/c1-10-5-4-6-13(18)16(10)20-15-9-14(12(3)24)19-17(21-15)23-8-7-11(2)22-23/h4-9,12,24H,1-3H3,(H,19,20,21). The Balaban J connectivity index is 2.05. The maximum atomic E-state index is 9.93. The van der Waals surface area contributed by atoms with Crippen molar-refractivity contribution in [1.29, 1.82) is 0 Å². The van der Waals surface area contributed by atoms with Gasteiger partial charge in [-0.25, -0.2) is 9.67 Å². The molecule has 7 heteroatoms. The van der Waals surface area contributed by atoms with Crippen molar-refractivity contribution in [1.82, 2.24) is 19.7 Å². The van der Waals surface area contributed by atoms with Gasteiger partial charge in [0.15, 0.2) is 0 Å². The number of benzene rings is 1. The van der Waals surface area contributed by atoms with Crippen LogP contribution in [0.4, 0.5) is 11.5 Å². The molecule has 0 aliphatic carbocycles. The Bertz CT molecular complexity index is 855. The molecular formula is C17H18ClN5O. The normalized spacial score (nSPS) is 12.2. The summed E-state index contributed by atoms with van der Waals surface area (Å²) in [6.45, 7) is 5.51. The van der Waals surface area contributed by atoms with E-state index in [1.165, 1.54) is 0 Å². The lowest BCUT2D eigenvalue weighted by Gasteiger charge is -2.14. The monoisotopic (exact) mass is 343 g/mol. The molecule has 0 saturated heterocycles. The molecule has 0 spiro atoms. The zero-order valence-electron chi connectivity index (χ0n) is 13.7. The number of hydrogen-bond acceptors (Lipinski definition) is 5. The molecule has 0 aliphatic rings. The highest BCUT2D eigenvalue weighted by Gasteiger charge is 2.13. The first-order valence-corrected chi connectivity index (χ1v) is 7.93. The molecule has 0 radical (unpaired) electrons. The smallest absolute Gasteiger partial charge is 0.252 e. The summed E-state index contributed by atoms with van der Waals surface area (Å²) in [5, 5.41) is 18.1. The van der Waals surface area contributed by atoms with Crippen molar-refractivity contribution in [2.45, 2.75) is 26.9 Å². The number of anilines is 2. The van der Waals surface area contributed by atoms with Crippen LogP contribution >= 0.6 is 11.6 Å². The zero-order valence-corrected chi connectivity index (χ0v) is 14.4. The highest BCUT2D eigenvalue weighted by molar-refractivity contribution is 6.33. The fraction of sp³-hybridized carbons (Fsp3) is 0.235. The van der Waals surface area contributed by atoms with E-state index in [9.17, 15) is 5.11 Å². The summed E-state index contributed by atoms with van der Waals surface area (Å²) in [5.74, 6) is 0.925. The van der Waals surface area contributed by atoms with Crippen molar-refractivity contribution >= 4 is 23.1 Å². The lowest BCUT2D eigenvalue weighted by Crippen LogP contribution is -2.09. The second-order valence-electron chi connectivity index (χ2n) is 5.61. The molecule has 0 aliphatic heterocycles. The molecular weight excluding hydrogens is 326 g/mol. The Morgan fingerprint density at radius 2 is 2.00 bits per heavy atom. The number of nitrogens with one attached hydrogen (secondary N) is 1. The molecule has 1 aromatic carbocycles. The van der Waals surface area contributed by atoms with E-state index in [-0.39, 0.29) is 0 Å². The maximum absolute atomic E-state index is 9.93. The van der Waals surface area contributed by atoms with Crippen LogP contribution in [0.5, 0.6) is 0 Å². The Hall–Kier alpha value is -2.44. The number of aliphatic hydroxyl groups is 1. The van der Waals surface area contributed by atoms with Gasteiger partial charge in [-0.15, -0.1) is 0 Å². The fourth-order valence-corrected chi connectivity index (χ4v) is 2.55. The predicted molar refractivity (Wildman–Crippen MR) is 94.0 cm³/mol. The molecule has 2 heterocycles. The Morgan fingerprint density at radius 3 is 2.62 bits per heavy atom. The number of aliphatic hydroxyl groups excluding tert-OH is 1. The molecule has 124 valence electrons. The first-order valence-electron chi connectivity index (χ1n) is 7.56. The van der Waals surface area contributed by atoms with Crippen LogP contribution in [0.1, 0.15) is 30.0 Å². The van der Waals surface area contributed by atoms with Crippen LogP contribution in [0.2, 0.25) is 5.02 Å². The molecule has 0 fully saturated rings. The number of para-hydroxylation sites is 1. The molecule has 1 atom stereocenters. The quantitative estimate of drug-likeness (QED) is 0.755. The largest absolute Gasteiger partial charge is 0.387 e. The summed E-state index contributed by atoms with van der Waals surface area (Å²) in [6.07, 6.45) is 1.05. The third-order valence-corrected chi connectivity index (χ3v) is 3.88. The SMILES string of the molecule is Cc1ccn(-c2nc(Nc3c(C)cccc3Cl)cc(C(C)O)n2)n1. The van der Waals surface area contributed by atoms with Crippen LogP contribution in [0, 0.1) is 13.8 Å². The number of rotatable bonds is 4. The van der Waals surface area contributed by atoms with Gasteiger partial charge in [0.05, 0.1) is 28.2 Å². The first-order chi connectivity index (χ1) is 11.4. The van der Waals surface area contributed by atoms with Gasteiger partial charge < -0.3 is 10.4 Å². The maximum Gasteiger partial charge on any atom is 0.252 e. The van der Waals surface area contributed by atoms with E-state index in [1.807, 2.05) is 38.1 Å². The fourth-order valence-electron chi connectivity index (χ4n) is 2.28. The molecule has 3 rings (SSSR count). The van der Waals surface area contributed by atoms with Crippen molar-refractivity contribution in [3.05, 3.63) is 58.5 Å². The van der Waals surface area contributed by atoms with Gasteiger partial charge in [0.2, 0.25) is 0 Å². The Kier molecular flexibility index (Phi) is 4.51. The average molecular weight is 344 g/mol. The van der Waals surface area contributed by atoms with E-state index in [1.54, 1.807) is 23.9 Å². The minimum absolute atomic E-state index is 0.383. The molecule has 0 saturated carbocycles. The van der Waals surface area contributed by atoms with Crippen LogP contribution in [0.15, 0.2) is 36.5 Å². The summed E-state index contributed by atoms with van der Waals surface area (Å²) in [4.78, 5) is 8.85. The summed E-state index contributed by atoms with van der Waals surface area (Å²) >= 11 is 6.27. The van der Waals surface area contributed by atoms with Gasteiger partial charge in [0.25, 0.3) is 5.95 Å². The predicted octanol–water partition coefficient (Wildman–Crippen LogP) is 3.73. The number of halogens is 1. The van der Waals surface area contributed by atoms with E-state index < -0.39 is 6.10 Å². The van der Waals surface area contributed by atoms with Gasteiger partial charge in [0.1, 0.15) is 5.82 Å². The average Bonchev–Trinajstić information content (AvgIpc) is 2.97. The van der Waals surface area contributed by atoms with E-state index >= 15 is 0 Å². The third-order valence-electron chi connectivity index (χ3n) is 3.56. The van der Waals surface area contributed by atoms with E-state index in [2.05, 4.69) is 20.4 Å². The lowest BCUT2D eigenvalue weighted by molar-refractivity contribution is 0.194. The van der Waals surface area contributed by atoms with Gasteiger partial charge in [0, 0.05) is 12.3 Å². The van der Waals surface area contributed by atoms with Gasteiger partial charge in [-0.3, -0.25) is 0 Å². The van der Waals surface area contributed by atoms with Crippen LogP contribution in [0.25, 0.3) is 5.95 Å². The Morgan fingerprint density at radius 1 is 1.21 bits per heavy atom. The van der Waals surface area contributed by atoms with E-state index in [0.717, 1.165) is 16.9 Å². The van der Waals surface area contributed by atoms with Crippen molar-refractivity contribution in [2.75, 3.05) is 5.32 Å². The summed E-state index contributed by atoms with van der Waals surface area (Å²) in [7, 11) is 0. The van der Waals surface area contributed by atoms with Crippen LogP contribution in [-0.2, 0) is 0 Å². The second-order valence-corrected chi connectivity index (χ2v) is 6.02. The number of aromatic nitrogens is 4. The first kappa shape index (κ1) is 16.4. The zero-order chi connectivity index (χ0) is 17.3. The Labute approximate surface area is 145 Å². The van der Waals surface area contributed by atoms with Crippen LogP contribution in [-0.4, -0.2) is 24.9 Å².